The highest BCUT2D eigenvalue weighted by Crippen LogP contribution is 2.26. The van der Waals surface area contributed by atoms with E-state index < -0.39 is 18.5 Å². The lowest BCUT2D eigenvalue weighted by molar-refractivity contribution is -0.0108. The van der Waals surface area contributed by atoms with Crippen molar-refractivity contribution in [1.29, 1.82) is 0 Å². The van der Waals surface area contributed by atoms with Gasteiger partial charge in [0.2, 0.25) is 0 Å². The monoisotopic (exact) mass is 245 g/mol. The molecule has 0 fully saturated rings. The summed E-state index contributed by atoms with van der Waals surface area (Å²) in [5, 5.41) is 11.5. The van der Waals surface area contributed by atoms with Crippen LogP contribution in [0, 0.1) is 0 Å². The molecule has 0 heterocycles. The fraction of sp³-hybridized carbons (Fsp3) is 0.500. The Bertz CT molecular complexity index is 320. The number of aliphatic hydroxyl groups is 1. The van der Waals surface area contributed by atoms with Crippen molar-refractivity contribution in [1.82, 2.24) is 5.32 Å². The first-order valence-electron chi connectivity index (χ1n) is 5.36. The number of aliphatic hydroxyl groups excluding tert-OH is 1. The SMILES string of the molecule is COCC(CO)NCC(F)(F)c1ccccc1. The summed E-state index contributed by atoms with van der Waals surface area (Å²) < 4.78 is 32.2. The van der Waals surface area contributed by atoms with E-state index in [9.17, 15) is 8.78 Å². The van der Waals surface area contributed by atoms with E-state index >= 15 is 0 Å². The van der Waals surface area contributed by atoms with Crippen LogP contribution in [0.1, 0.15) is 5.56 Å². The number of hydrogen-bond donors (Lipinski definition) is 2. The minimum atomic E-state index is -2.96. The molecule has 0 aliphatic heterocycles. The lowest BCUT2D eigenvalue weighted by Crippen LogP contribution is -2.42. The van der Waals surface area contributed by atoms with Crippen LogP contribution in [0.3, 0.4) is 0 Å². The number of halogens is 2. The molecular formula is C12H17F2NO2. The van der Waals surface area contributed by atoms with Gasteiger partial charge in [-0.05, 0) is 0 Å². The van der Waals surface area contributed by atoms with Crippen molar-refractivity contribution in [3.63, 3.8) is 0 Å². The van der Waals surface area contributed by atoms with Crippen LogP contribution in [0.2, 0.25) is 0 Å². The number of rotatable bonds is 7. The molecule has 3 nitrogen and oxygen atoms in total. The molecule has 0 saturated carbocycles. The molecule has 1 aromatic rings. The molecule has 1 aromatic carbocycles. The van der Waals surface area contributed by atoms with Crippen LogP contribution in [0.25, 0.3) is 0 Å². The van der Waals surface area contributed by atoms with Gasteiger partial charge in [-0.3, -0.25) is 0 Å². The molecule has 0 amide bonds. The highest BCUT2D eigenvalue weighted by Gasteiger charge is 2.31. The molecule has 0 radical (unpaired) electrons. The fourth-order valence-electron chi connectivity index (χ4n) is 1.43. The van der Waals surface area contributed by atoms with Crippen molar-refractivity contribution >= 4 is 0 Å². The van der Waals surface area contributed by atoms with Crippen molar-refractivity contribution in [2.75, 3.05) is 26.9 Å². The van der Waals surface area contributed by atoms with E-state index in [4.69, 9.17) is 9.84 Å². The number of methoxy groups -OCH3 is 1. The molecule has 0 bridgehead atoms. The lowest BCUT2D eigenvalue weighted by atomic mass is 10.1. The molecule has 0 aromatic heterocycles. The smallest absolute Gasteiger partial charge is 0.285 e. The maximum Gasteiger partial charge on any atom is 0.285 e. The molecule has 1 rings (SSSR count). The van der Waals surface area contributed by atoms with Crippen molar-refractivity contribution in [3.8, 4) is 0 Å². The quantitative estimate of drug-likeness (QED) is 0.762. The number of nitrogens with one attached hydrogen (secondary N) is 1. The largest absolute Gasteiger partial charge is 0.395 e. The molecule has 0 spiro atoms. The Kier molecular flexibility index (Phi) is 5.47. The third-order valence-corrected chi connectivity index (χ3v) is 2.40. The van der Waals surface area contributed by atoms with Gasteiger partial charge in [-0.2, -0.15) is 8.78 Å². The van der Waals surface area contributed by atoms with E-state index in [1.807, 2.05) is 0 Å². The zero-order valence-corrected chi connectivity index (χ0v) is 9.70. The Labute approximate surface area is 99.4 Å². The molecule has 5 heteroatoms. The van der Waals surface area contributed by atoms with Crippen LogP contribution in [0.5, 0.6) is 0 Å². The Balaban J connectivity index is 2.55. The zero-order valence-electron chi connectivity index (χ0n) is 9.70. The first-order chi connectivity index (χ1) is 8.10. The predicted octanol–water partition coefficient (Wildman–Crippen LogP) is 1.38. The molecule has 1 unspecified atom stereocenters. The van der Waals surface area contributed by atoms with Crippen molar-refractivity contribution in [2.45, 2.75) is 12.0 Å². The molecule has 2 N–H and O–H groups in total. The number of ether oxygens (including phenoxy) is 1. The van der Waals surface area contributed by atoms with Gasteiger partial charge in [0.25, 0.3) is 5.92 Å². The van der Waals surface area contributed by atoms with E-state index in [1.54, 1.807) is 18.2 Å². The van der Waals surface area contributed by atoms with Crippen LogP contribution < -0.4 is 5.32 Å². The highest BCUT2D eigenvalue weighted by atomic mass is 19.3. The second kappa shape index (κ2) is 6.64. The maximum absolute atomic E-state index is 13.7. The van der Waals surface area contributed by atoms with Crippen LogP contribution in [0.15, 0.2) is 30.3 Å². The minimum absolute atomic E-state index is 0.0402. The van der Waals surface area contributed by atoms with Crippen molar-refractivity contribution in [2.24, 2.45) is 0 Å². The molecule has 1 atom stereocenters. The second-order valence-electron chi connectivity index (χ2n) is 3.79. The Morgan fingerprint density at radius 2 is 2.00 bits per heavy atom. The number of hydrogen-bond acceptors (Lipinski definition) is 3. The normalized spacial score (nSPS) is 13.6. The topological polar surface area (TPSA) is 41.5 Å². The second-order valence-corrected chi connectivity index (χ2v) is 3.79. The summed E-state index contributed by atoms with van der Waals surface area (Å²) in [6.45, 7) is -0.564. The van der Waals surface area contributed by atoms with Crippen LogP contribution in [-0.4, -0.2) is 38.0 Å². The summed E-state index contributed by atoms with van der Waals surface area (Å²) in [6, 6.07) is 7.12. The summed E-state index contributed by atoms with van der Waals surface area (Å²) in [5.74, 6) is -2.96. The Morgan fingerprint density at radius 1 is 1.35 bits per heavy atom. The minimum Gasteiger partial charge on any atom is -0.395 e. The van der Waals surface area contributed by atoms with Crippen LogP contribution in [0.4, 0.5) is 8.78 Å². The highest BCUT2D eigenvalue weighted by molar-refractivity contribution is 5.20. The van der Waals surface area contributed by atoms with Gasteiger partial charge in [-0.15, -0.1) is 0 Å². The average Bonchev–Trinajstić information content (AvgIpc) is 2.35. The molecule has 17 heavy (non-hydrogen) atoms. The summed E-state index contributed by atoms with van der Waals surface area (Å²) >= 11 is 0. The van der Waals surface area contributed by atoms with Gasteiger partial charge in [0.15, 0.2) is 0 Å². The van der Waals surface area contributed by atoms with Gasteiger partial charge >= 0.3 is 0 Å². The van der Waals surface area contributed by atoms with Gasteiger partial charge in [-0.1, -0.05) is 30.3 Å². The molecule has 0 aliphatic rings. The van der Waals surface area contributed by atoms with E-state index in [0.29, 0.717) is 0 Å². The zero-order chi connectivity index (χ0) is 12.7. The molecular weight excluding hydrogens is 228 g/mol. The first-order valence-corrected chi connectivity index (χ1v) is 5.36. The standard InChI is InChI=1S/C12H17F2NO2/c1-17-8-11(7-16)15-9-12(13,14)10-5-3-2-4-6-10/h2-6,11,15-16H,7-9H2,1H3. The molecule has 0 saturated heterocycles. The van der Waals surface area contributed by atoms with Crippen LogP contribution in [-0.2, 0) is 10.7 Å². The molecule has 0 aliphatic carbocycles. The van der Waals surface area contributed by atoms with E-state index in [0.717, 1.165) is 0 Å². The predicted molar refractivity (Wildman–Crippen MR) is 61.1 cm³/mol. The van der Waals surface area contributed by atoms with Crippen LogP contribution >= 0.6 is 0 Å². The number of benzene rings is 1. The van der Waals surface area contributed by atoms with Crippen molar-refractivity contribution < 1.29 is 18.6 Å². The Morgan fingerprint density at radius 3 is 2.53 bits per heavy atom. The lowest BCUT2D eigenvalue weighted by Gasteiger charge is -2.21. The third kappa shape index (κ3) is 4.38. The van der Waals surface area contributed by atoms with Gasteiger partial charge in [0, 0.05) is 12.7 Å². The maximum atomic E-state index is 13.7. The summed E-state index contributed by atoms with van der Waals surface area (Å²) in [4.78, 5) is 0. The average molecular weight is 245 g/mol. The first kappa shape index (κ1) is 14.0. The summed E-state index contributed by atoms with van der Waals surface area (Å²) in [5.41, 5.74) is -0.0402. The van der Waals surface area contributed by atoms with Gasteiger partial charge < -0.3 is 15.2 Å². The summed E-state index contributed by atoms with van der Waals surface area (Å²) in [6.07, 6.45) is 0. The van der Waals surface area contributed by atoms with E-state index in [1.165, 1.54) is 19.2 Å². The Hall–Kier alpha value is -1.04. The molecule has 96 valence electrons. The van der Waals surface area contributed by atoms with Gasteiger partial charge in [-0.25, -0.2) is 0 Å². The summed E-state index contributed by atoms with van der Waals surface area (Å²) in [7, 11) is 1.46. The van der Waals surface area contributed by atoms with Crippen molar-refractivity contribution in [3.05, 3.63) is 35.9 Å². The fourth-order valence-corrected chi connectivity index (χ4v) is 1.43. The van der Waals surface area contributed by atoms with E-state index in [-0.39, 0.29) is 18.8 Å². The van der Waals surface area contributed by atoms with Gasteiger partial charge in [0.05, 0.1) is 25.8 Å². The van der Waals surface area contributed by atoms with E-state index in [2.05, 4.69) is 5.32 Å². The third-order valence-electron chi connectivity index (χ3n) is 2.40. The van der Waals surface area contributed by atoms with Gasteiger partial charge in [0.1, 0.15) is 0 Å². The number of alkyl halides is 2.